The molecule has 3 atom stereocenters. The van der Waals surface area contributed by atoms with Crippen LogP contribution in [0.25, 0.3) is 0 Å². The smallest absolute Gasteiger partial charge is 0.239 e. The SMILES string of the molecule is CCC1COC(C)CN1C(=O)[C@@H](N)CC.Cl. The Kier molecular flexibility index (Phi) is 6.95. The number of carbonyl (C=O) groups excluding carboxylic acids is 1. The second kappa shape index (κ2) is 7.09. The largest absolute Gasteiger partial charge is 0.375 e. The fraction of sp³-hybridized carbons (Fsp3) is 0.909. The van der Waals surface area contributed by atoms with E-state index in [1.807, 2.05) is 18.7 Å². The highest BCUT2D eigenvalue weighted by atomic mass is 35.5. The van der Waals surface area contributed by atoms with Crippen LogP contribution in [0.2, 0.25) is 0 Å². The van der Waals surface area contributed by atoms with Crippen molar-refractivity contribution in [2.45, 2.75) is 51.8 Å². The summed E-state index contributed by atoms with van der Waals surface area (Å²) in [5, 5.41) is 0. The summed E-state index contributed by atoms with van der Waals surface area (Å²) >= 11 is 0. The molecule has 1 saturated heterocycles. The molecule has 0 aromatic heterocycles. The maximum atomic E-state index is 12.0. The average Bonchev–Trinajstić information content (AvgIpc) is 2.27. The first-order chi connectivity index (χ1) is 7.10. The monoisotopic (exact) mass is 250 g/mol. The molecule has 1 amide bonds. The van der Waals surface area contributed by atoms with E-state index in [9.17, 15) is 4.79 Å². The van der Waals surface area contributed by atoms with Gasteiger partial charge >= 0.3 is 0 Å². The predicted octanol–water partition coefficient (Wildman–Crippen LogP) is 1.17. The van der Waals surface area contributed by atoms with Crippen LogP contribution >= 0.6 is 12.4 Å². The van der Waals surface area contributed by atoms with Gasteiger partial charge in [0.2, 0.25) is 5.91 Å². The van der Waals surface area contributed by atoms with Crippen LogP contribution in [0.5, 0.6) is 0 Å². The number of nitrogens with zero attached hydrogens (tertiary/aromatic N) is 1. The molecule has 16 heavy (non-hydrogen) atoms. The van der Waals surface area contributed by atoms with Gasteiger partial charge in [0.1, 0.15) is 0 Å². The van der Waals surface area contributed by atoms with Crippen LogP contribution in [0, 0.1) is 0 Å². The number of nitrogens with two attached hydrogens (primary N) is 1. The van der Waals surface area contributed by atoms with Gasteiger partial charge in [-0.3, -0.25) is 4.79 Å². The summed E-state index contributed by atoms with van der Waals surface area (Å²) in [5.41, 5.74) is 5.78. The minimum atomic E-state index is -0.357. The quantitative estimate of drug-likeness (QED) is 0.818. The van der Waals surface area contributed by atoms with Crippen molar-refractivity contribution in [2.24, 2.45) is 5.73 Å². The van der Waals surface area contributed by atoms with Gasteiger partial charge < -0.3 is 15.4 Å². The van der Waals surface area contributed by atoms with Gasteiger partial charge in [0, 0.05) is 6.54 Å². The first-order valence-corrected chi connectivity index (χ1v) is 5.77. The van der Waals surface area contributed by atoms with Gasteiger partial charge in [-0.15, -0.1) is 12.4 Å². The third-order valence-electron chi connectivity index (χ3n) is 2.98. The Balaban J connectivity index is 0.00000225. The van der Waals surface area contributed by atoms with Gasteiger partial charge in [0.05, 0.1) is 24.8 Å². The van der Waals surface area contributed by atoms with Crippen molar-refractivity contribution in [3.8, 4) is 0 Å². The topological polar surface area (TPSA) is 55.6 Å². The summed E-state index contributed by atoms with van der Waals surface area (Å²) in [6.07, 6.45) is 1.75. The molecule has 0 aliphatic carbocycles. The standard InChI is InChI=1S/C11H22N2O2.ClH/c1-4-9-7-15-8(3)6-13(9)11(14)10(12)5-2;/h8-10H,4-7,12H2,1-3H3;1H/t8?,9?,10-;/m0./s1. The first-order valence-electron chi connectivity index (χ1n) is 5.77. The van der Waals surface area contributed by atoms with E-state index in [0.29, 0.717) is 19.6 Å². The van der Waals surface area contributed by atoms with Crippen LogP contribution in [0.15, 0.2) is 0 Å². The molecule has 1 fully saturated rings. The summed E-state index contributed by atoms with van der Waals surface area (Å²) in [6, 6.07) is -0.157. The molecule has 96 valence electrons. The fourth-order valence-corrected chi connectivity index (χ4v) is 1.84. The van der Waals surface area contributed by atoms with E-state index in [0.717, 1.165) is 6.42 Å². The van der Waals surface area contributed by atoms with Crippen molar-refractivity contribution < 1.29 is 9.53 Å². The van der Waals surface area contributed by atoms with E-state index in [1.165, 1.54) is 0 Å². The van der Waals surface area contributed by atoms with Crippen molar-refractivity contribution in [3.05, 3.63) is 0 Å². The average molecular weight is 251 g/mol. The minimum absolute atomic E-state index is 0. The zero-order valence-electron chi connectivity index (χ0n) is 10.3. The Morgan fingerprint density at radius 2 is 2.19 bits per heavy atom. The van der Waals surface area contributed by atoms with Crippen molar-refractivity contribution in [1.29, 1.82) is 0 Å². The van der Waals surface area contributed by atoms with Crippen LogP contribution in [0.1, 0.15) is 33.6 Å². The molecule has 0 bridgehead atoms. The van der Waals surface area contributed by atoms with E-state index >= 15 is 0 Å². The van der Waals surface area contributed by atoms with Crippen LogP contribution < -0.4 is 5.73 Å². The summed E-state index contributed by atoms with van der Waals surface area (Å²) in [4.78, 5) is 13.9. The summed E-state index contributed by atoms with van der Waals surface area (Å²) in [5.74, 6) is 0.0690. The lowest BCUT2D eigenvalue weighted by molar-refractivity contribution is -0.145. The summed E-state index contributed by atoms with van der Waals surface area (Å²) < 4.78 is 5.54. The highest BCUT2D eigenvalue weighted by molar-refractivity contribution is 5.85. The van der Waals surface area contributed by atoms with Gasteiger partial charge in [0.25, 0.3) is 0 Å². The molecule has 2 N–H and O–H groups in total. The number of ether oxygens (including phenoxy) is 1. The highest BCUT2D eigenvalue weighted by Gasteiger charge is 2.31. The van der Waals surface area contributed by atoms with E-state index < -0.39 is 0 Å². The van der Waals surface area contributed by atoms with E-state index in [1.54, 1.807) is 0 Å². The Morgan fingerprint density at radius 1 is 1.56 bits per heavy atom. The number of hydrogen-bond donors (Lipinski definition) is 1. The third-order valence-corrected chi connectivity index (χ3v) is 2.98. The van der Waals surface area contributed by atoms with Gasteiger partial charge in [0.15, 0.2) is 0 Å². The molecule has 0 spiro atoms. The molecule has 0 radical (unpaired) electrons. The molecule has 2 unspecified atom stereocenters. The second-order valence-corrected chi connectivity index (χ2v) is 4.21. The number of hydrogen-bond acceptors (Lipinski definition) is 3. The number of carbonyl (C=O) groups is 1. The summed E-state index contributed by atoms with van der Waals surface area (Å²) in [7, 11) is 0. The van der Waals surface area contributed by atoms with E-state index in [4.69, 9.17) is 10.5 Å². The third kappa shape index (κ3) is 3.61. The lowest BCUT2D eigenvalue weighted by Gasteiger charge is -2.39. The fourth-order valence-electron chi connectivity index (χ4n) is 1.84. The highest BCUT2D eigenvalue weighted by Crippen LogP contribution is 2.15. The molecular formula is C11H23ClN2O2. The van der Waals surface area contributed by atoms with Crippen LogP contribution in [0.4, 0.5) is 0 Å². The lowest BCUT2D eigenvalue weighted by Crippen LogP contribution is -2.55. The van der Waals surface area contributed by atoms with E-state index in [2.05, 4.69) is 6.92 Å². The zero-order chi connectivity index (χ0) is 11.4. The van der Waals surface area contributed by atoms with Crippen LogP contribution in [0.3, 0.4) is 0 Å². The number of halogens is 1. The molecule has 0 saturated carbocycles. The number of amides is 1. The van der Waals surface area contributed by atoms with Gasteiger partial charge in [-0.25, -0.2) is 0 Å². The van der Waals surface area contributed by atoms with Crippen molar-refractivity contribution in [2.75, 3.05) is 13.2 Å². The van der Waals surface area contributed by atoms with Gasteiger partial charge in [-0.05, 0) is 19.8 Å². The molecule has 4 nitrogen and oxygen atoms in total. The number of morpholine rings is 1. The maximum absolute atomic E-state index is 12.0. The molecule has 1 rings (SSSR count). The van der Waals surface area contributed by atoms with Gasteiger partial charge in [-0.1, -0.05) is 13.8 Å². The van der Waals surface area contributed by atoms with E-state index in [-0.39, 0.29) is 36.5 Å². The Bertz CT molecular complexity index is 226. The molecule has 0 aromatic carbocycles. The Hall–Kier alpha value is -0.320. The van der Waals surface area contributed by atoms with Gasteiger partial charge in [-0.2, -0.15) is 0 Å². The van der Waals surface area contributed by atoms with Crippen LogP contribution in [-0.2, 0) is 9.53 Å². The Morgan fingerprint density at radius 3 is 2.69 bits per heavy atom. The van der Waals surface area contributed by atoms with Crippen LogP contribution in [-0.4, -0.2) is 42.1 Å². The Labute approximate surface area is 104 Å². The normalized spacial score (nSPS) is 27.1. The number of rotatable bonds is 3. The van der Waals surface area contributed by atoms with Crippen molar-refractivity contribution >= 4 is 18.3 Å². The molecule has 1 aliphatic rings. The summed E-state index contributed by atoms with van der Waals surface area (Å²) in [6.45, 7) is 7.31. The van der Waals surface area contributed by atoms with Crippen molar-refractivity contribution in [3.63, 3.8) is 0 Å². The molecule has 0 aromatic rings. The van der Waals surface area contributed by atoms with Crippen molar-refractivity contribution in [1.82, 2.24) is 4.90 Å². The lowest BCUT2D eigenvalue weighted by atomic mass is 10.1. The molecule has 1 heterocycles. The second-order valence-electron chi connectivity index (χ2n) is 4.21. The zero-order valence-corrected chi connectivity index (χ0v) is 11.1. The molecular weight excluding hydrogens is 228 g/mol. The first kappa shape index (κ1) is 15.7. The molecule has 5 heteroatoms. The maximum Gasteiger partial charge on any atom is 0.239 e. The molecule has 1 aliphatic heterocycles. The minimum Gasteiger partial charge on any atom is -0.375 e. The predicted molar refractivity (Wildman–Crippen MR) is 66.7 cm³/mol.